The third-order valence-corrected chi connectivity index (χ3v) is 4.25. The van der Waals surface area contributed by atoms with Crippen molar-refractivity contribution in [1.82, 2.24) is 15.1 Å². The van der Waals surface area contributed by atoms with Crippen LogP contribution in [0.3, 0.4) is 0 Å². The number of hydrogen-bond acceptors (Lipinski definition) is 4. The van der Waals surface area contributed by atoms with Crippen LogP contribution in [0.2, 0.25) is 0 Å². The fourth-order valence-electron chi connectivity index (χ4n) is 2.89. The van der Waals surface area contributed by atoms with Gasteiger partial charge in [-0.1, -0.05) is 36.4 Å². The van der Waals surface area contributed by atoms with Crippen LogP contribution >= 0.6 is 0 Å². The fraction of sp³-hybridized carbons (Fsp3) is 0.125. The minimum absolute atomic E-state index is 0.00771. The zero-order valence-electron chi connectivity index (χ0n) is 16.7. The highest BCUT2D eigenvalue weighted by atomic mass is 16.5. The van der Waals surface area contributed by atoms with Gasteiger partial charge in [-0.3, -0.25) is 4.79 Å². The lowest BCUT2D eigenvalue weighted by atomic mass is 10.1. The number of nitrogens with zero attached hydrogens (tertiary/aromatic N) is 3. The molecular formula is C24H22N4O2. The first-order valence-electron chi connectivity index (χ1n) is 9.55. The number of aromatic nitrogens is 2. The molecule has 1 N–H and O–H groups in total. The van der Waals surface area contributed by atoms with Gasteiger partial charge in [-0.2, -0.15) is 10.4 Å². The Morgan fingerprint density at radius 3 is 2.77 bits per heavy atom. The summed E-state index contributed by atoms with van der Waals surface area (Å²) in [5.74, 6) is 0.266. The number of benzene rings is 2. The molecule has 30 heavy (non-hydrogen) atoms. The summed E-state index contributed by atoms with van der Waals surface area (Å²) in [6, 6.07) is 19.2. The highest BCUT2D eigenvalue weighted by Gasteiger charge is 2.15. The Hall–Kier alpha value is -4.11. The van der Waals surface area contributed by atoms with Crippen LogP contribution in [0.4, 0.5) is 0 Å². The summed E-state index contributed by atoms with van der Waals surface area (Å²) in [5.41, 5.74) is 2.98. The van der Waals surface area contributed by atoms with Gasteiger partial charge in [-0.15, -0.1) is 6.58 Å². The van der Waals surface area contributed by atoms with E-state index in [1.807, 2.05) is 67.6 Å². The van der Waals surface area contributed by atoms with Crippen LogP contribution in [0.5, 0.6) is 5.75 Å². The van der Waals surface area contributed by atoms with Crippen LogP contribution in [0.25, 0.3) is 23.0 Å². The van der Waals surface area contributed by atoms with Crippen LogP contribution < -0.4 is 10.1 Å². The number of hydrogen-bond donors (Lipinski definition) is 1. The maximum atomic E-state index is 12.3. The number of carbonyl (C=O) groups is 1. The molecule has 0 aliphatic heterocycles. The lowest BCUT2D eigenvalue weighted by molar-refractivity contribution is -0.116. The molecule has 2 aromatic carbocycles. The van der Waals surface area contributed by atoms with Crippen molar-refractivity contribution in [2.24, 2.45) is 0 Å². The van der Waals surface area contributed by atoms with Crippen LogP contribution in [0, 0.1) is 11.3 Å². The van der Waals surface area contributed by atoms with Crippen molar-refractivity contribution in [2.75, 3.05) is 13.2 Å². The van der Waals surface area contributed by atoms with Gasteiger partial charge in [-0.25, -0.2) is 4.68 Å². The third-order valence-electron chi connectivity index (χ3n) is 4.25. The van der Waals surface area contributed by atoms with Crippen LogP contribution in [0.1, 0.15) is 12.5 Å². The van der Waals surface area contributed by atoms with Crippen molar-refractivity contribution in [1.29, 1.82) is 5.26 Å². The second-order valence-electron chi connectivity index (χ2n) is 6.34. The average molecular weight is 398 g/mol. The molecule has 0 unspecified atom stereocenters. The molecule has 0 atom stereocenters. The molecule has 1 amide bonds. The Balaban J connectivity index is 2.11. The van der Waals surface area contributed by atoms with Gasteiger partial charge >= 0.3 is 0 Å². The number of para-hydroxylation sites is 1. The molecule has 0 bridgehead atoms. The van der Waals surface area contributed by atoms with E-state index in [9.17, 15) is 10.1 Å². The van der Waals surface area contributed by atoms with Gasteiger partial charge in [-0.05, 0) is 37.3 Å². The van der Waals surface area contributed by atoms with E-state index in [1.54, 1.807) is 23.0 Å². The second kappa shape index (κ2) is 9.89. The Morgan fingerprint density at radius 1 is 1.27 bits per heavy atom. The molecule has 0 aliphatic rings. The smallest absolute Gasteiger partial charge is 0.262 e. The van der Waals surface area contributed by atoms with Gasteiger partial charge in [0.15, 0.2) is 0 Å². The largest absolute Gasteiger partial charge is 0.494 e. The highest BCUT2D eigenvalue weighted by Crippen LogP contribution is 2.28. The van der Waals surface area contributed by atoms with E-state index in [0.29, 0.717) is 17.9 Å². The average Bonchev–Trinajstić information content (AvgIpc) is 3.21. The Morgan fingerprint density at radius 2 is 2.07 bits per heavy atom. The zero-order chi connectivity index (χ0) is 21.3. The lowest BCUT2D eigenvalue weighted by Gasteiger charge is -2.05. The van der Waals surface area contributed by atoms with Gasteiger partial charge < -0.3 is 10.1 Å². The summed E-state index contributed by atoms with van der Waals surface area (Å²) in [5, 5.41) is 16.9. The summed E-state index contributed by atoms with van der Waals surface area (Å²) in [7, 11) is 0. The minimum Gasteiger partial charge on any atom is -0.494 e. The number of amides is 1. The van der Waals surface area contributed by atoms with E-state index in [2.05, 4.69) is 11.9 Å². The van der Waals surface area contributed by atoms with Gasteiger partial charge in [0.2, 0.25) is 0 Å². The Kier molecular flexibility index (Phi) is 6.80. The van der Waals surface area contributed by atoms with Gasteiger partial charge in [0.25, 0.3) is 5.91 Å². The zero-order valence-corrected chi connectivity index (χ0v) is 16.7. The Bertz CT molecular complexity index is 1110. The van der Waals surface area contributed by atoms with Crippen LogP contribution in [0.15, 0.2) is 79.0 Å². The molecule has 0 radical (unpaired) electrons. The first-order chi connectivity index (χ1) is 14.7. The van der Waals surface area contributed by atoms with Gasteiger partial charge in [0.1, 0.15) is 23.1 Å². The van der Waals surface area contributed by atoms with Crippen molar-refractivity contribution in [3.05, 3.63) is 84.6 Å². The number of nitrogens with one attached hydrogen (secondary N) is 1. The number of rotatable bonds is 8. The Labute approximate surface area is 175 Å². The highest BCUT2D eigenvalue weighted by molar-refractivity contribution is 6.02. The number of ether oxygens (including phenoxy) is 1. The van der Waals surface area contributed by atoms with Crippen molar-refractivity contribution in [3.8, 4) is 28.8 Å². The lowest BCUT2D eigenvalue weighted by Crippen LogP contribution is -2.24. The summed E-state index contributed by atoms with van der Waals surface area (Å²) >= 11 is 0. The first-order valence-corrected chi connectivity index (χ1v) is 9.55. The number of carbonyl (C=O) groups excluding carboxylic acids is 1. The summed E-state index contributed by atoms with van der Waals surface area (Å²) < 4.78 is 7.34. The topological polar surface area (TPSA) is 79.9 Å². The monoisotopic (exact) mass is 398 g/mol. The van der Waals surface area contributed by atoms with E-state index in [1.165, 1.54) is 0 Å². The molecule has 6 nitrogen and oxygen atoms in total. The van der Waals surface area contributed by atoms with Crippen molar-refractivity contribution >= 4 is 12.0 Å². The fourth-order valence-corrected chi connectivity index (χ4v) is 2.89. The summed E-state index contributed by atoms with van der Waals surface area (Å²) in [6.07, 6.45) is 4.91. The maximum absolute atomic E-state index is 12.3. The van der Waals surface area contributed by atoms with E-state index in [-0.39, 0.29) is 12.1 Å². The molecule has 0 aliphatic carbocycles. The summed E-state index contributed by atoms with van der Waals surface area (Å²) in [6.45, 7) is 6.33. The standard InChI is InChI=1S/C24H22N4O2/c1-3-13-26-24(29)19(16-25)14-20-17-28(21-10-6-5-7-11-21)27-23(20)18-9-8-12-22(15-18)30-4-2/h3,5-12,14-15,17H,1,4,13H2,2H3,(H,26,29). The molecule has 150 valence electrons. The molecule has 0 saturated carbocycles. The van der Waals surface area contributed by atoms with Crippen LogP contribution in [-0.4, -0.2) is 28.8 Å². The minimum atomic E-state index is -0.459. The van der Waals surface area contributed by atoms with E-state index < -0.39 is 5.91 Å². The first kappa shape index (κ1) is 20.6. The van der Waals surface area contributed by atoms with E-state index >= 15 is 0 Å². The summed E-state index contributed by atoms with van der Waals surface area (Å²) in [4.78, 5) is 12.3. The molecule has 3 aromatic rings. The van der Waals surface area contributed by atoms with Crippen molar-refractivity contribution in [2.45, 2.75) is 6.92 Å². The SMILES string of the molecule is C=CCNC(=O)C(C#N)=Cc1cn(-c2ccccc2)nc1-c1cccc(OCC)c1. The number of nitriles is 1. The normalized spacial score (nSPS) is 10.9. The molecular weight excluding hydrogens is 376 g/mol. The molecule has 3 rings (SSSR count). The van der Waals surface area contributed by atoms with Crippen molar-refractivity contribution < 1.29 is 9.53 Å². The van der Waals surface area contributed by atoms with Crippen molar-refractivity contribution in [3.63, 3.8) is 0 Å². The molecule has 1 heterocycles. The van der Waals surface area contributed by atoms with Crippen LogP contribution in [-0.2, 0) is 4.79 Å². The molecule has 6 heteroatoms. The van der Waals surface area contributed by atoms with E-state index in [4.69, 9.17) is 9.84 Å². The molecule has 1 aromatic heterocycles. The third kappa shape index (κ3) is 4.83. The second-order valence-corrected chi connectivity index (χ2v) is 6.34. The predicted octanol–water partition coefficient (Wildman–Crippen LogP) is 4.15. The quantitative estimate of drug-likeness (QED) is 0.351. The maximum Gasteiger partial charge on any atom is 0.262 e. The molecule has 0 spiro atoms. The molecule has 0 fully saturated rings. The van der Waals surface area contributed by atoms with E-state index in [0.717, 1.165) is 17.0 Å². The van der Waals surface area contributed by atoms with Gasteiger partial charge in [0.05, 0.1) is 12.3 Å². The predicted molar refractivity (Wildman–Crippen MR) is 117 cm³/mol. The van der Waals surface area contributed by atoms with Gasteiger partial charge in [0, 0.05) is 23.9 Å². The molecule has 0 saturated heterocycles.